The van der Waals surface area contributed by atoms with Crippen molar-refractivity contribution in [3.05, 3.63) is 48.4 Å². The minimum absolute atomic E-state index is 0. The maximum absolute atomic E-state index is 12.2. The molecule has 3 rings (SSSR count). The number of rotatable bonds is 6. The minimum Gasteiger partial charge on any atom is -0.468 e. The van der Waals surface area contributed by atoms with E-state index >= 15 is 0 Å². The molecule has 0 saturated carbocycles. The van der Waals surface area contributed by atoms with E-state index in [1.165, 1.54) is 24.3 Å². The molecular weight excluding hydrogens is 488 g/mol. The predicted octanol–water partition coefficient (Wildman–Crippen LogP) is 4.36. The number of halogens is 4. The van der Waals surface area contributed by atoms with Crippen molar-refractivity contribution in [2.24, 2.45) is 10.7 Å². The second-order valence-corrected chi connectivity index (χ2v) is 6.20. The molecule has 2 aromatic rings. The molecule has 1 aromatic heterocycles. The van der Waals surface area contributed by atoms with Crippen molar-refractivity contribution in [1.29, 1.82) is 0 Å². The van der Waals surface area contributed by atoms with Crippen molar-refractivity contribution in [3.8, 4) is 5.75 Å². The second kappa shape index (κ2) is 10.0. The average molecular weight is 510 g/mol. The van der Waals surface area contributed by atoms with Gasteiger partial charge in [0.25, 0.3) is 0 Å². The zero-order valence-electron chi connectivity index (χ0n) is 15.0. The van der Waals surface area contributed by atoms with Crippen molar-refractivity contribution in [1.82, 2.24) is 4.90 Å². The molecule has 1 aromatic carbocycles. The third kappa shape index (κ3) is 6.59. The Labute approximate surface area is 177 Å². The van der Waals surface area contributed by atoms with Crippen LogP contribution in [0.25, 0.3) is 0 Å². The van der Waals surface area contributed by atoms with Gasteiger partial charge in [0, 0.05) is 5.69 Å². The number of hydrogen-bond acceptors (Lipinski definition) is 4. The number of furan rings is 1. The van der Waals surface area contributed by atoms with Gasteiger partial charge in [-0.3, -0.25) is 9.89 Å². The Kier molecular flexibility index (Phi) is 7.98. The molecule has 1 saturated heterocycles. The molecule has 3 N–H and O–H groups in total. The molecule has 6 nitrogen and oxygen atoms in total. The molecule has 28 heavy (non-hydrogen) atoms. The zero-order chi connectivity index (χ0) is 19.3. The van der Waals surface area contributed by atoms with Crippen LogP contribution in [-0.2, 0) is 0 Å². The van der Waals surface area contributed by atoms with Crippen LogP contribution in [-0.4, -0.2) is 36.9 Å². The van der Waals surface area contributed by atoms with Gasteiger partial charge in [-0.05, 0) is 62.3 Å². The van der Waals surface area contributed by atoms with Crippen molar-refractivity contribution < 1.29 is 22.3 Å². The number of nitrogens with two attached hydrogens (primary N) is 1. The van der Waals surface area contributed by atoms with Crippen LogP contribution >= 0.6 is 24.0 Å². The molecule has 1 aliphatic rings. The Morgan fingerprint density at radius 3 is 2.46 bits per heavy atom. The van der Waals surface area contributed by atoms with Crippen LogP contribution in [0.2, 0.25) is 0 Å². The molecular formula is C18H22F3IN4O2. The molecule has 1 atom stereocenters. The Bertz CT molecular complexity index is 745. The van der Waals surface area contributed by atoms with Crippen LogP contribution in [0.3, 0.4) is 0 Å². The first-order valence-corrected chi connectivity index (χ1v) is 8.61. The van der Waals surface area contributed by atoms with Crippen LogP contribution in [0.15, 0.2) is 52.1 Å². The molecule has 1 unspecified atom stereocenters. The fourth-order valence-corrected chi connectivity index (χ4v) is 3.03. The molecule has 2 heterocycles. The summed E-state index contributed by atoms with van der Waals surface area (Å²) in [7, 11) is 0. The maximum Gasteiger partial charge on any atom is 0.573 e. The van der Waals surface area contributed by atoms with Gasteiger partial charge >= 0.3 is 6.36 Å². The van der Waals surface area contributed by atoms with E-state index in [-0.39, 0.29) is 41.7 Å². The Balaban J connectivity index is 0.00000280. The highest BCUT2D eigenvalue weighted by Crippen LogP contribution is 2.26. The average Bonchev–Trinajstić information content (AvgIpc) is 3.30. The number of alkyl halides is 3. The number of guanidine groups is 1. The Morgan fingerprint density at radius 1 is 1.21 bits per heavy atom. The largest absolute Gasteiger partial charge is 0.573 e. The third-order valence-corrected chi connectivity index (χ3v) is 4.25. The lowest BCUT2D eigenvalue weighted by molar-refractivity contribution is -0.274. The number of benzene rings is 1. The van der Waals surface area contributed by atoms with Gasteiger partial charge in [0.05, 0.1) is 18.8 Å². The SMILES string of the molecule is I.NC(=NCC(c1ccco1)N1CCCC1)Nc1ccc(OC(F)(F)F)cc1. The summed E-state index contributed by atoms with van der Waals surface area (Å²) in [6.07, 6.45) is -0.803. The summed E-state index contributed by atoms with van der Waals surface area (Å²) in [6, 6.07) is 9.06. The van der Waals surface area contributed by atoms with Crippen molar-refractivity contribution >= 4 is 35.6 Å². The van der Waals surface area contributed by atoms with E-state index in [1.807, 2.05) is 12.1 Å². The first-order valence-electron chi connectivity index (χ1n) is 8.61. The van der Waals surface area contributed by atoms with Gasteiger partial charge in [0.2, 0.25) is 0 Å². The normalized spacial score (nSPS) is 16.5. The van der Waals surface area contributed by atoms with E-state index in [9.17, 15) is 13.2 Å². The van der Waals surface area contributed by atoms with E-state index in [1.54, 1.807) is 6.26 Å². The van der Waals surface area contributed by atoms with Gasteiger partial charge in [0.1, 0.15) is 11.5 Å². The fraction of sp³-hybridized carbons (Fsp3) is 0.389. The molecule has 10 heteroatoms. The lowest BCUT2D eigenvalue weighted by atomic mass is 10.2. The summed E-state index contributed by atoms with van der Waals surface area (Å²) in [5, 5.41) is 2.86. The van der Waals surface area contributed by atoms with Gasteiger partial charge in [0.15, 0.2) is 5.96 Å². The first kappa shape index (κ1) is 22.3. The van der Waals surface area contributed by atoms with Crippen LogP contribution < -0.4 is 15.8 Å². The maximum atomic E-state index is 12.2. The van der Waals surface area contributed by atoms with Crippen LogP contribution in [0.5, 0.6) is 5.75 Å². The molecule has 1 fully saturated rings. The smallest absolute Gasteiger partial charge is 0.468 e. The van der Waals surface area contributed by atoms with Crippen LogP contribution in [0.1, 0.15) is 24.6 Å². The molecule has 0 amide bonds. The minimum atomic E-state index is -4.72. The standard InChI is InChI=1S/C18H21F3N4O2.HI/c19-18(20,21)27-14-7-5-13(6-8-14)24-17(22)23-12-15(16-4-3-11-26-16)25-9-1-2-10-25;/h3-8,11,15H,1-2,9-10,12H2,(H3,22,23,24);1H. The lowest BCUT2D eigenvalue weighted by Gasteiger charge is -2.24. The molecule has 0 radical (unpaired) electrons. The molecule has 154 valence electrons. The van der Waals surface area contributed by atoms with E-state index in [0.717, 1.165) is 31.7 Å². The van der Waals surface area contributed by atoms with Gasteiger partial charge < -0.3 is 20.2 Å². The quantitative estimate of drug-likeness (QED) is 0.343. The van der Waals surface area contributed by atoms with E-state index in [0.29, 0.717) is 12.2 Å². The van der Waals surface area contributed by atoms with E-state index in [4.69, 9.17) is 10.2 Å². The molecule has 1 aliphatic heterocycles. The second-order valence-electron chi connectivity index (χ2n) is 6.20. The summed E-state index contributed by atoms with van der Waals surface area (Å²) in [5.41, 5.74) is 6.44. The number of ether oxygens (including phenoxy) is 1. The summed E-state index contributed by atoms with van der Waals surface area (Å²) in [4.78, 5) is 6.68. The highest BCUT2D eigenvalue weighted by molar-refractivity contribution is 14.0. The monoisotopic (exact) mass is 510 g/mol. The molecule has 0 aliphatic carbocycles. The highest BCUT2D eigenvalue weighted by atomic mass is 127. The Hall–Kier alpha value is -1.95. The van der Waals surface area contributed by atoms with Crippen molar-refractivity contribution in [2.75, 3.05) is 25.0 Å². The number of hydrogen-bond donors (Lipinski definition) is 2. The predicted molar refractivity (Wildman–Crippen MR) is 111 cm³/mol. The zero-order valence-corrected chi connectivity index (χ0v) is 17.3. The van der Waals surface area contributed by atoms with Gasteiger partial charge in [-0.1, -0.05) is 0 Å². The topological polar surface area (TPSA) is 76.0 Å². The summed E-state index contributed by atoms with van der Waals surface area (Å²) >= 11 is 0. The van der Waals surface area contributed by atoms with Gasteiger partial charge in [-0.25, -0.2) is 0 Å². The van der Waals surface area contributed by atoms with Crippen LogP contribution in [0.4, 0.5) is 18.9 Å². The number of nitrogens with zero attached hydrogens (tertiary/aromatic N) is 2. The molecule has 0 bridgehead atoms. The van der Waals surface area contributed by atoms with Crippen LogP contribution in [0, 0.1) is 0 Å². The fourth-order valence-electron chi connectivity index (χ4n) is 3.03. The van der Waals surface area contributed by atoms with Crippen molar-refractivity contribution in [3.63, 3.8) is 0 Å². The van der Waals surface area contributed by atoms with E-state index in [2.05, 4.69) is 19.9 Å². The highest BCUT2D eigenvalue weighted by Gasteiger charge is 2.31. The summed E-state index contributed by atoms with van der Waals surface area (Å²) < 4.78 is 45.9. The number of likely N-dealkylation sites (tertiary alicyclic amines) is 1. The third-order valence-electron chi connectivity index (χ3n) is 4.25. The van der Waals surface area contributed by atoms with E-state index < -0.39 is 6.36 Å². The summed E-state index contributed by atoms with van der Waals surface area (Å²) in [5.74, 6) is 0.716. The number of nitrogens with one attached hydrogen (secondary N) is 1. The summed E-state index contributed by atoms with van der Waals surface area (Å²) in [6.45, 7) is 2.38. The Morgan fingerprint density at radius 2 is 1.89 bits per heavy atom. The lowest BCUT2D eigenvalue weighted by Crippen LogP contribution is -2.30. The molecule has 0 spiro atoms. The number of aliphatic imine (C=N–C) groups is 1. The first-order chi connectivity index (χ1) is 12.9. The van der Waals surface area contributed by atoms with Gasteiger partial charge in [-0.2, -0.15) is 0 Å². The van der Waals surface area contributed by atoms with Gasteiger partial charge in [-0.15, -0.1) is 37.1 Å². The van der Waals surface area contributed by atoms with Crippen molar-refractivity contribution in [2.45, 2.75) is 25.2 Å². The number of anilines is 1.